The molecule has 2 aromatic heterocycles. The predicted octanol–water partition coefficient (Wildman–Crippen LogP) is 3.59. The number of H-pyrrole nitrogens is 1. The zero-order chi connectivity index (χ0) is 17.6. The highest BCUT2D eigenvalue weighted by atomic mass is 16.6. The zero-order valence-corrected chi connectivity index (χ0v) is 14.3. The van der Waals surface area contributed by atoms with Crippen LogP contribution in [0.25, 0.3) is 21.9 Å². The lowest BCUT2D eigenvalue weighted by molar-refractivity contribution is 0.0779. The van der Waals surface area contributed by atoms with E-state index in [1.165, 1.54) is 5.56 Å². The summed E-state index contributed by atoms with van der Waals surface area (Å²) in [4.78, 5) is 17.8. The highest BCUT2D eigenvalue weighted by Crippen LogP contribution is 2.24. The van der Waals surface area contributed by atoms with Gasteiger partial charge in [0.05, 0.1) is 0 Å². The van der Waals surface area contributed by atoms with Crippen LogP contribution in [-0.2, 0) is 6.54 Å². The van der Waals surface area contributed by atoms with E-state index in [2.05, 4.69) is 28.3 Å². The van der Waals surface area contributed by atoms with E-state index >= 15 is 0 Å². The van der Waals surface area contributed by atoms with Crippen LogP contribution in [0, 0.1) is 13.8 Å². The summed E-state index contributed by atoms with van der Waals surface area (Å²) >= 11 is 0. The van der Waals surface area contributed by atoms with Crippen LogP contribution >= 0.6 is 0 Å². The fraction of sp³-hybridized carbons (Fsp3) is 0.211. The van der Waals surface area contributed by atoms with E-state index in [4.69, 9.17) is 4.63 Å². The lowest BCUT2D eigenvalue weighted by Gasteiger charge is -2.17. The highest BCUT2D eigenvalue weighted by molar-refractivity contribution is 6.00. The van der Waals surface area contributed by atoms with Crippen molar-refractivity contribution in [1.29, 1.82) is 0 Å². The zero-order valence-electron chi connectivity index (χ0n) is 14.3. The van der Waals surface area contributed by atoms with Crippen molar-refractivity contribution in [3.8, 4) is 0 Å². The van der Waals surface area contributed by atoms with Crippen LogP contribution in [-0.4, -0.2) is 33.2 Å². The lowest BCUT2D eigenvalue weighted by Crippen LogP contribution is -2.27. The minimum Gasteiger partial charge on any atom is -0.350 e. The number of aryl methyl sites for hydroxylation is 2. The van der Waals surface area contributed by atoms with Crippen LogP contribution in [0.3, 0.4) is 0 Å². The van der Waals surface area contributed by atoms with Crippen LogP contribution in [0.5, 0.6) is 0 Å². The van der Waals surface area contributed by atoms with Crippen LogP contribution in [0.15, 0.2) is 41.0 Å². The molecule has 25 heavy (non-hydrogen) atoms. The molecule has 4 rings (SSSR count). The van der Waals surface area contributed by atoms with Gasteiger partial charge in [-0.2, -0.15) is 0 Å². The Bertz CT molecular complexity index is 1090. The molecule has 0 bridgehead atoms. The van der Waals surface area contributed by atoms with Gasteiger partial charge in [0.25, 0.3) is 5.91 Å². The number of nitrogens with one attached hydrogen (secondary N) is 1. The Labute approximate surface area is 144 Å². The molecule has 0 unspecified atom stereocenters. The molecule has 2 aromatic carbocycles. The fourth-order valence-corrected chi connectivity index (χ4v) is 3.12. The third-order valence-corrected chi connectivity index (χ3v) is 4.51. The fourth-order valence-electron chi connectivity index (χ4n) is 3.12. The number of fused-ring (bicyclic) bond motifs is 2. The maximum Gasteiger partial charge on any atom is 0.270 e. The van der Waals surface area contributed by atoms with Gasteiger partial charge in [-0.15, -0.1) is 0 Å². The minimum atomic E-state index is -0.0373. The van der Waals surface area contributed by atoms with E-state index in [-0.39, 0.29) is 5.91 Å². The van der Waals surface area contributed by atoms with Gasteiger partial charge >= 0.3 is 0 Å². The van der Waals surface area contributed by atoms with E-state index in [1.54, 1.807) is 11.9 Å². The van der Waals surface area contributed by atoms with Crippen molar-refractivity contribution in [2.45, 2.75) is 20.4 Å². The van der Waals surface area contributed by atoms with Gasteiger partial charge in [0.1, 0.15) is 16.7 Å². The largest absolute Gasteiger partial charge is 0.350 e. The number of aromatic amines is 1. The van der Waals surface area contributed by atoms with Crippen LogP contribution in [0.1, 0.15) is 27.2 Å². The van der Waals surface area contributed by atoms with E-state index in [9.17, 15) is 4.79 Å². The summed E-state index contributed by atoms with van der Waals surface area (Å²) in [6.45, 7) is 4.51. The summed E-state index contributed by atoms with van der Waals surface area (Å²) in [5.74, 6) is -0.0373. The van der Waals surface area contributed by atoms with Gasteiger partial charge in [-0.05, 0) is 59.6 Å². The van der Waals surface area contributed by atoms with Crippen molar-refractivity contribution in [2.24, 2.45) is 0 Å². The van der Waals surface area contributed by atoms with E-state index < -0.39 is 0 Å². The number of benzene rings is 2. The number of amides is 1. The Morgan fingerprint density at radius 3 is 2.76 bits per heavy atom. The number of rotatable bonds is 3. The molecule has 0 saturated heterocycles. The summed E-state index contributed by atoms with van der Waals surface area (Å²) in [6.07, 6.45) is 0. The Morgan fingerprint density at radius 2 is 1.92 bits per heavy atom. The monoisotopic (exact) mass is 334 g/mol. The van der Waals surface area contributed by atoms with E-state index in [0.29, 0.717) is 23.3 Å². The van der Waals surface area contributed by atoms with Crippen LogP contribution in [0.4, 0.5) is 0 Å². The number of aromatic nitrogens is 3. The smallest absolute Gasteiger partial charge is 0.270 e. The van der Waals surface area contributed by atoms with Crippen molar-refractivity contribution >= 4 is 27.8 Å². The molecule has 4 aromatic rings. The van der Waals surface area contributed by atoms with Crippen molar-refractivity contribution < 1.29 is 9.42 Å². The first-order valence-corrected chi connectivity index (χ1v) is 8.08. The van der Waals surface area contributed by atoms with Crippen molar-refractivity contribution in [2.75, 3.05) is 7.05 Å². The number of hydrogen-bond acceptors (Lipinski definition) is 4. The highest BCUT2D eigenvalue weighted by Gasteiger charge is 2.19. The molecule has 2 heterocycles. The maximum absolute atomic E-state index is 12.9. The second-order valence-electron chi connectivity index (χ2n) is 6.42. The molecule has 1 N–H and O–H groups in total. The molecule has 6 nitrogen and oxygen atoms in total. The second-order valence-corrected chi connectivity index (χ2v) is 6.42. The first-order chi connectivity index (χ1) is 12.0. The minimum absolute atomic E-state index is 0.0373. The molecule has 0 aliphatic heterocycles. The summed E-state index contributed by atoms with van der Waals surface area (Å²) in [5, 5.41) is 8.73. The molecule has 0 atom stereocenters. The van der Waals surface area contributed by atoms with Gasteiger partial charge in [0.2, 0.25) is 0 Å². The SMILES string of the molecule is Cc1ccc2[nH]c(C(=O)N(C)Cc3ccc4nonc4c3)c(C)c2c1. The molecule has 0 radical (unpaired) electrons. The average molecular weight is 334 g/mol. The summed E-state index contributed by atoms with van der Waals surface area (Å²) in [6, 6.07) is 11.8. The molecule has 0 spiro atoms. The van der Waals surface area contributed by atoms with Crippen molar-refractivity contribution in [3.63, 3.8) is 0 Å². The third-order valence-electron chi connectivity index (χ3n) is 4.51. The van der Waals surface area contributed by atoms with E-state index in [0.717, 1.165) is 22.0 Å². The van der Waals surface area contributed by atoms with Gasteiger partial charge in [0.15, 0.2) is 0 Å². The average Bonchev–Trinajstić information content (AvgIpc) is 3.18. The maximum atomic E-state index is 12.9. The topological polar surface area (TPSA) is 75.0 Å². The molecular weight excluding hydrogens is 316 g/mol. The standard InChI is InChI=1S/C19H18N4O2/c1-11-4-6-15-14(8-11)12(2)18(20-15)19(24)23(3)10-13-5-7-16-17(9-13)22-25-21-16/h4-9,20H,10H2,1-3H3. The van der Waals surface area contributed by atoms with Gasteiger partial charge in [-0.1, -0.05) is 17.7 Å². The van der Waals surface area contributed by atoms with Crippen LogP contribution in [0.2, 0.25) is 0 Å². The number of carbonyl (C=O) groups is 1. The number of nitrogens with zero attached hydrogens (tertiary/aromatic N) is 3. The Morgan fingerprint density at radius 1 is 1.12 bits per heavy atom. The van der Waals surface area contributed by atoms with Gasteiger partial charge in [-0.3, -0.25) is 4.79 Å². The number of carbonyl (C=O) groups excluding carboxylic acids is 1. The van der Waals surface area contributed by atoms with Gasteiger partial charge in [-0.25, -0.2) is 4.63 Å². The predicted molar refractivity (Wildman–Crippen MR) is 95.4 cm³/mol. The Hall–Kier alpha value is -3.15. The molecular formula is C19H18N4O2. The first-order valence-electron chi connectivity index (χ1n) is 8.08. The molecule has 0 saturated carbocycles. The molecule has 126 valence electrons. The molecule has 0 aliphatic carbocycles. The Kier molecular flexibility index (Phi) is 3.53. The first kappa shape index (κ1) is 15.4. The van der Waals surface area contributed by atoms with Crippen LogP contribution < -0.4 is 0 Å². The Balaban J connectivity index is 1.62. The molecule has 0 fully saturated rings. The quantitative estimate of drug-likeness (QED) is 0.621. The van der Waals surface area contributed by atoms with Crippen molar-refractivity contribution in [1.82, 2.24) is 20.2 Å². The summed E-state index contributed by atoms with van der Waals surface area (Å²) in [7, 11) is 1.80. The second kappa shape index (κ2) is 5.73. The van der Waals surface area contributed by atoms with Crippen molar-refractivity contribution in [3.05, 3.63) is 58.8 Å². The third kappa shape index (κ3) is 2.65. The van der Waals surface area contributed by atoms with Gasteiger partial charge < -0.3 is 9.88 Å². The molecule has 1 amide bonds. The summed E-state index contributed by atoms with van der Waals surface area (Å²) in [5.41, 5.74) is 6.14. The molecule has 6 heteroatoms. The van der Waals surface area contributed by atoms with E-state index in [1.807, 2.05) is 37.3 Å². The number of hydrogen-bond donors (Lipinski definition) is 1. The summed E-state index contributed by atoms with van der Waals surface area (Å²) < 4.78 is 4.72. The lowest BCUT2D eigenvalue weighted by atomic mass is 10.1. The van der Waals surface area contributed by atoms with Gasteiger partial charge in [0, 0.05) is 24.5 Å². The molecule has 0 aliphatic rings. The normalized spacial score (nSPS) is 11.3.